The molecule has 0 bridgehead atoms. The zero-order valence-corrected chi connectivity index (χ0v) is 11.7. The molecule has 2 aromatic heterocycles. The van der Waals surface area contributed by atoms with Crippen molar-refractivity contribution in [2.45, 2.75) is 0 Å². The van der Waals surface area contributed by atoms with E-state index >= 15 is 0 Å². The molecule has 7 heteroatoms. The van der Waals surface area contributed by atoms with Crippen molar-refractivity contribution in [1.82, 2.24) is 9.36 Å². The summed E-state index contributed by atoms with van der Waals surface area (Å²) in [4.78, 5) is 17.1. The Morgan fingerprint density at radius 3 is 2.80 bits per heavy atom. The van der Waals surface area contributed by atoms with E-state index in [4.69, 9.17) is 0 Å². The molecule has 1 amide bonds. The van der Waals surface area contributed by atoms with Crippen molar-refractivity contribution in [2.24, 2.45) is 0 Å². The highest BCUT2D eigenvalue weighted by atomic mass is 32.1. The summed E-state index contributed by atoms with van der Waals surface area (Å²) >= 11 is 2.58. The Kier molecular flexibility index (Phi) is 3.53. The highest BCUT2D eigenvalue weighted by Crippen LogP contribution is 2.25. The summed E-state index contributed by atoms with van der Waals surface area (Å²) in [5, 5.41) is 4.83. The van der Waals surface area contributed by atoms with Crippen LogP contribution in [0, 0.1) is 5.82 Å². The lowest BCUT2D eigenvalue weighted by atomic mass is 10.2. The Morgan fingerprint density at radius 2 is 2.05 bits per heavy atom. The summed E-state index contributed by atoms with van der Waals surface area (Å²) in [5.41, 5.74) is -0.0135. The molecule has 100 valence electrons. The third-order valence-corrected chi connectivity index (χ3v) is 4.00. The monoisotopic (exact) mass is 305 g/mol. The molecule has 0 saturated heterocycles. The number of benzene rings is 1. The number of anilines is 1. The summed E-state index contributed by atoms with van der Waals surface area (Å²) in [6.45, 7) is 0. The van der Waals surface area contributed by atoms with Crippen LogP contribution in [-0.2, 0) is 0 Å². The Bertz CT molecular complexity index is 740. The maximum Gasteiger partial charge on any atom is 0.260 e. The van der Waals surface area contributed by atoms with Crippen LogP contribution in [0.2, 0.25) is 0 Å². The molecule has 0 fully saturated rings. The van der Waals surface area contributed by atoms with E-state index in [0.717, 1.165) is 16.4 Å². The van der Waals surface area contributed by atoms with Crippen molar-refractivity contribution in [3.8, 4) is 10.7 Å². The van der Waals surface area contributed by atoms with Gasteiger partial charge in [0.05, 0.1) is 10.4 Å². The number of thiophene rings is 1. The number of rotatable bonds is 3. The van der Waals surface area contributed by atoms with Crippen molar-refractivity contribution in [3.05, 3.63) is 53.2 Å². The van der Waals surface area contributed by atoms with Gasteiger partial charge in [-0.1, -0.05) is 18.2 Å². The van der Waals surface area contributed by atoms with Gasteiger partial charge in [0.15, 0.2) is 5.82 Å². The van der Waals surface area contributed by atoms with Crippen molar-refractivity contribution in [3.63, 3.8) is 0 Å². The second-order valence-corrected chi connectivity index (χ2v) is 5.53. The van der Waals surface area contributed by atoms with Crippen molar-refractivity contribution >= 4 is 33.9 Å². The smallest absolute Gasteiger partial charge is 0.260 e. The van der Waals surface area contributed by atoms with E-state index in [1.54, 1.807) is 6.07 Å². The van der Waals surface area contributed by atoms with Crippen LogP contribution in [0.3, 0.4) is 0 Å². The lowest BCUT2D eigenvalue weighted by Crippen LogP contribution is -2.13. The predicted molar refractivity (Wildman–Crippen MR) is 77.6 cm³/mol. The van der Waals surface area contributed by atoms with E-state index < -0.39 is 11.7 Å². The molecule has 0 saturated carbocycles. The maximum atomic E-state index is 13.5. The third-order valence-electron chi connectivity index (χ3n) is 2.51. The first-order valence-electron chi connectivity index (χ1n) is 5.67. The minimum atomic E-state index is -0.562. The van der Waals surface area contributed by atoms with E-state index in [1.807, 2.05) is 17.5 Å². The van der Waals surface area contributed by atoms with E-state index in [1.165, 1.54) is 29.5 Å². The van der Waals surface area contributed by atoms with Gasteiger partial charge in [-0.15, -0.1) is 11.3 Å². The quantitative estimate of drug-likeness (QED) is 0.803. The molecule has 1 N–H and O–H groups in total. The first-order valence-corrected chi connectivity index (χ1v) is 7.33. The van der Waals surface area contributed by atoms with Crippen LogP contribution in [0.1, 0.15) is 10.4 Å². The number of nitrogens with one attached hydrogen (secondary N) is 1. The normalized spacial score (nSPS) is 10.4. The van der Waals surface area contributed by atoms with Gasteiger partial charge in [-0.3, -0.25) is 10.1 Å². The molecule has 0 aliphatic rings. The average Bonchev–Trinajstić information content (AvgIpc) is 3.09. The number of carbonyl (C=O) groups excluding carboxylic acids is 1. The van der Waals surface area contributed by atoms with Crippen LogP contribution in [0.25, 0.3) is 10.7 Å². The number of hydrogen-bond acceptors (Lipinski definition) is 5. The van der Waals surface area contributed by atoms with Gasteiger partial charge >= 0.3 is 0 Å². The summed E-state index contributed by atoms with van der Waals surface area (Å²) in [6, 6.07) is 9.60. The molecule has 0 spiro atoms. The molecule has 0 atom stereocenters. The van der Waals surface area contributed by atoms with Gasteiger partial charge in [0.25, 0.3) is 5.91 Å². The van der Waals surface area contributed by atoms with Gasteiger partial charge in [-0.05, 0) is 23.6 Å². The van der Waals surface area contributed by atoms with Crippen LogP contribution in [0.5, 0.6) is 0 Å². The molecule has 0 aliphatic carbocycles. The standard InChI is InChI=1S/C13H8FN3OS2/c14-9-5-2-1-4-8(9)12(18)16-13-15-11(17-20-13)10-6-3-7-19-10/h1-7H,(H,15,16,17,18). The van der Waals surface area contributed by atoms with Gasteiger partial charge in [-0.2, -0.15) is 9.36 Å². The fourth-order valence-corrected chi connectivity index (χ4v) is 2.88. The second-order valence-electron chi connectivity index (χ2n) is 3.83. The summed E-state index contributed by atoms with van der Waals surface area (Å²) < 4.78 is 17.6. The predicted octanol–water partition coefficient (Wildman–Crippen LogP) is 3.66. The third kappa shape index (κ3) is 2.59. The highest BCUT2D eigenvalue weighted by Gasteiger charge is 2.14. The summed E-state index contributed by atoms with van der Waals surface area (Å²) in [7, 11) is 0. The van der Waals surface area contributed by atoms with E-state index in [9.17, 15) is 9.18 Å². The molecule has 20 heavy (non-hydrogen) atoms. The molecule has 3 aromatic rings. The minimum Gasteiger partial charge on any atom is -0.296 e. The minimum absolute atomic E-state index is 0.0135. The second kappa shape index (κ2) is 5.48. The Balaban J connectivity index is 1.79. The number of amides is 1. The number of hydrogen-bond donors (Lipinski definition) is 1. The largest absolute Gasteiger partial charge is 0.296 e. The SMILES string of the molecule is O=C(Nc1nc(-c2cccs2)ns1)c1ccccc1F. The maximum absolute atomic E-state index is 13.5. The van der Waals surface area contributed by atoms with Crippen molar-refractivity contribution in [1.29, 1.82) is 0 Å². The fourth-order valence-electron chi connectivity index (χ4n) is 1.59. The number of carbonyl (C=O) groups is 1. The highest BCUT2D eigenvalue weighted by molar-refractivity contribution is 7.14. The van der Waals surface area contributed by atoms with Crippen LogP contribution in [0.15, 0.2) is 41.8 Å². The first kappa shape index (κ1) is 12.9. The Hall–Kier alpha value is -2.12. The first-order chi connectivity index (χ1) is 9.74. The number of aromatic nitrogens is 2. The van der Waals surface area contributed by atoms with Crippen LogP contribution >= 0.6 is 22.9 Å². The van der Waals surface area contributed by atoms with Crippen LogP contribution < -0.4 is 5.32 Å². The number of nitrogens with zero attached hydrogens (tertiary/aromatic N) is 2. The van der Waals surface area contributed by atoms with Gasteiger partial charge < -0.3 is 0 Å². The van der Waals surface area contributed by atoms with E-state index in [2.05, 4.69) is 14.7 Å². The summed E-state index contributed by atoms with van der Waals surface area (Å²) in [5.74, 6) is -0.529. The van der Waals surface area contributed by atoms with Crippen molar-refractivity contribution in [2.75, 3.05) is 5.32 Å². The van der Waals surface area contributed by atoms with E-state index in [0.29, 0.717) is 11.0 Å². The van der Waals surface area contributed by atoms with Gasteiger partial charge in [0.1, 0.15) is 5.82 Å². The molecular weight excluding hydrogens is 297 g/mol. The zero-order valence-electron chi connectivity index (χ0n) is 10.0. The molecular formula is C13H8FN3OS2. The lowest BCUT2D eigenvalue weighted by Gasteiger charge is -2.01. The molecule has 2 heterocycles. The molecule has 4 nitrogen and oxygen atoms in total. The Morgan fingerprint density at radius 1 is 1.20 bits per heavy atom. The van der Waals surface area contributed by atoms with Crippen LogP contribution in [0.4, 0.5) is 9.52 Å². The zero-order chi connectivity index (χ0) is 13.9. The van der Waals surface area contributed by atoms with Gasteiger partial charge in [0, 0.05) is 11.5 Å². The fraction of sp³-hybridized carbons (Fsp3) is 0. The van der Waals surface area contributed by atoms with Gasteiger partial charge in [-0.25, -0.2) is 4.39 Å². The number of halogens is 1. The molecule has 0 unspecified atom stereocenters. The molecule has 1 aromatic carbocycles. The van der Waals surface area contributed by atoms with E-state index in [-0.39, 0.29) is 5.56 Å². The topological polar surface area (TPSA) is 54.9 Å². The average molecular weight is 305 g/mol. The lowest BCUT2D eigenvalue weighted by molar-refractivity contribution is 0.102. The van der Waals surface area contributed by atoms with Crippen molar-refractivity contribution < 1.29 is 9.18 Å². The molecule has 3 rings (SSSR count). The summed E-state index contributed by atoms with van der Waals surface area (Å²) in [6.07, 6.45) is 0. The molecule has 0 radical (unpaired) electrons. The molecule has 0 aliphatic heterocycles. The van der Waals surface area contributed by atoms with Gasteiger partial charge in [0.2, 0.25) is 5.13 Å². The Labute approximate surface area is 122 Å². The van der Waals surface area contributed by atoms with Crippen LogP contribution in [-0.4, -0.2) is 15.3 Å².